The van der Waals surface area contributed by atoms with Crippen molar-refractivity contribution in [2.75, 3.05) is 26.7 Å². The molecule has 3 aliphatic heterocycles. The molecule has 3 heterocycles. The number of Topliss-reactive ketones (excluding diaryl/α,β-unsaturated/α-hetero) is 1. The van der Waals surface area contributed by atoms with Gasteiger partial charge in [0.2, 0.25) is 10.0 Å². The number of piperidine rings is 1. The Morgan fingerprint density at radius 1 is 1.12 bits per heavy atom. The lowest BCUT2D eigenvalue weighted by Crippen LogP contribution is -2.50. The maximum atomic E-state index is 13.4. The van der Waals surface area contributed by atoms with Crippen LogP contribution in [0.15, 0.2) is 62.1 Å². The van der Waals surface area contributed by atoms with E-state index >= 15 is 0 Å². The molecule has 176 valence electrons. The Balaban J connectivity index is 1.44. The molecular weight excluding hydrogens is 440 g/mol. The third-order valence-electron chi connectivity index (χ3n) is 7.33. The highest BCUT2D eigenvalue weighted by molar-refractivity contribution is 7.89. The Morgan fingerprint density at radius 3 is 2.48 bits per heavy atom. The van der Waals surface area contributed by atoms with E-state index in [1.54, 1.807) is 35.7 Å². The van der Waals surface area contributed by atoms with Crippen molar-refractivity contribution in [1.82, 2.24) is 9.62 Å². The van der Waals surface area contributed by atoms with Crippen LogP contribution in [0.2, 0.25) is 0 Å². The van der Waals surface area contributed by atoms with Crippen molar-refractivity contribution in [1.29, 1.82) is 0 Å². The maximum Gasteiger partial charge on any atom is 0.243 e. The lowest BCUT2D eigenvalue weighted by atomic mass is 9.60. The number of carbonyl (C=O) groups is 1. The van der Waals surface area contributed by atoms with Gasteiger partial charge in [0.1, 0.15) is 0 Å². The molecule has 9 heteroatoms. The number of ketones is 1. The summed E-state index contributed by atoms with van der Waals surface area (Å²) in [5.41, 5.74) is 3.15. The van der Waals surface area contributed by atoms with Crippen LogP contribution in [0.1, 0.15) is 45.1 Å². The van der Waals surface area contributed by atoms with Gasteiger partial charge in [-0.2, -0.15) is 9.42 Å². The van der Waals surface area contributed by atoms with Crippen molar-refractivity contribution < 1.29 is 17.9 Å². The van der Waals surface area contributed by atoms with Crippen molar-refractivity contribution in [3.8, 4) is 0 Å². The molecule has 1 fully saturated rings. The second-order valence-corrected chi connectivity index (χ2v) is 12.1. The summed E-state index contributed by atoms with van der Waals surface area (Å²) < 4.78 is 33.3. The summed E-state index contributed by atoms with van der Waals surface area (Å²) in [5.74, 6) is 0.918. The largest absolute Gasteiger partial charge is 0.380 e. The zero-order valence-corrected chi connectivity index (χ0v) is 20.2. The average molecular weight is 471 g/mol. The Bertz CT molecular complexity index is 1190. The van der Waals surface area contributed by atoms with E-state index in [0.29, 0.717) is 45.5 Å². The van der Waals surface area contributed by atoms with Crippen LogP contribution in [0.25, 0.3) is 0 Å². The lowest BCUT2D eigenvalue weighted by molar-refractivity contribution is -0.119. The van der Waals surface area contributed by atoms with Gasteiger partial charge in [-0.3, -0.25) is 4.79 Å². The second-order valence-electron chi connectivity index (χ2n) is 10.2. The van der Waals surface area contributed by atoms with Gasteiger partial charge in [-0.1, -0.05) is 26.0 Å². The van der Waals surface area contributed by atoms with Crippen LogP contribution >= 0.6 is 0 Å². The van der Waals surface area contributed by atoms with Crippen LogP contribution in [0.3, 0.4) is 0 Å². The Kier molecular flexibility index (Phi) is 5.34. The summed E-state index contributed by atoms with van der Waals surface area (Å²) >= 11 is 0. The number of hydrogen-bond donors (Lipinski definition) is 1. The maximum absolute atomic E-state index is 13.4. The molecular formula is C24H30N4O4S. The summed E-state index contributed by atoms with van der Waals surface area (Å²) in [6.07, 6.45) is 2.40. The predicted octanol–water partition coefficient (Wildman–Crippen LogP) is 3.53. The molecule has 4 aliphatic rings. The number of azo groups is 1. The lowest BCUT2D eigenvalue weighted by Gasteiger charge is -2.48. The van der Waals surface area contributed by atoms with Crippen LogP contribution in [0, 0.1) is 10.8 Å². The van der Waals surface area contributed by atoms with E-state index in [2.05, 4.69) is 29.4 Å². The number of methoxy groups -OCH3 is 1. The molecule has 1 aliphatic carbocycles. The van der Waals surface area contributed by atoms with Gasteiger partial charge in [-0.15, -0.1) is 5.11 Å². The molecule has 0 unspecified atom stereocenters. The fourth-order valence-electron chi connectivity index (χ4n) is 5.80. The minimum atomic E-state index is -3.62. The molecule has 0 aromatic heterocycles. The standard InChI is InChI=1S/C24H30N4O4S/c1-23(2)12-19-21(20(29)13-23)24(18-14-25-27-22(18)26-19)8-10-28(11-9-24)33(30,31)17-6-4-16(5-7-17)15-32-3/h4-7,26H,8-15H2,1-3H3. The van der Waals surface area contributed by atoms with E-state index in [9.17, 15) is 13.2 Å². The van der Waals surface area contributed by atoms with Gasteiger partial charge in [0.25, 0.3) is 0 Å². The molecule has 0 bridgehead atoms. The number of allylic oxidation sites excluding steroid dienone is 2. The highest BCUT2D eigenvalue weighted by atomic mass is 32.2. The van der Waals surface area contributed by atoms with Gasteiger partial charge in [0.05, 0.1) is 18.0 Å². The molecule has 33 heavy (non-hydrogen) atoms. The quantitative estimate of drug-likeness (QED) is 0.726. The number of carbonyl (C=O) groups excluding carboxylic acids is 1. The first-order chi connectivity index (χ1) is 15.7. The number of rotatable bonds is 4. The average Bonchev–Trinajstić information content (AvgIpc) is 3.23. The number of dihydropyridines is 1. The fourth-order valence-corrected chi connectivity index (χ4v) is 7.24. The molecule has 0 amide bonds. The van der Waals surface area contributed by atoms with Gasteiger partial charge >= 0.3 is 0 Å². The van der Waals surface area contributed by atoms with Gasteiger partial charge in [0.15, 0.2) is 11.6 Å². The van der Waals surface area contributed by atoms with Crippen molar-refractivity contribution in [3.63, 3.8) is 0 Å². The SMILES string of the molecule is COCc1ccc(S(=O)(=O)N2CCC3(CC2)C2=C(N=NC2)NC2=C3C(=O)CC(C)(C)C2)cc1. The van der Waals surface area contributed by atoms with Crippen LogP contribution < -0.4 is 5.32 Å². The van der Waals surface area contributed by atoms with E-state index in [1.165, 1.54) is 0 Å². The monoisotopic (exact) mass is 470 g/mol. The minimum absolute atomic E-state index is 0.114. The van der Waals surface area contributed by atoms with E-state index in [-0.39, 0.29) is 16.1 Å². The first-order valence-corrected chi connectivity index (χ1v) is 12.8. The van der Waals surface area contributed by atoms with Crippen molar-refractivity contribution in [3.05, 3.63) is 52.5 Å². The summed E-state index contributed by atoms with van der Waals surface area (Å²) in [7, 11) is -2.01. The molecule has 1 N–H and O–H groups in total. The Labute approximate surface area is 194 Å². The summed E-state index contributed by atoms with van der Waals surface area (Å²) in [4.78, 5) is 13.6. The van der Waals surface area contributed by atoms with E-state index < -0.39 is 15.4 Å². The highest BCUT2D eigenvalue weighted by Crippen LogP contribution is 2.55. The van der Waals surface area contributed by atoms with E-state index in [0.717, 1.165) is 34.6 Å². The number of fused-ring (bicyclic) bond motifs is 2. The van der Waals surface area contributed by atoms with Gasteiger partial charge in [-0.05, 0) is 42.4 Å². The number of nitrogens with zero attached hydrogens (tertiary/aromatic N) is 3. The van der Waals surface area contributed by atoms with E-state index in [4.69, 9.17) is 4.74 Å². The fraction of sp³-hybridized carbons (Fsp3) is 0.542. The zero-order valence-electron chi connectivity index (χ0n) is 19.3. The van der Waals surface area contributed by atoms with Gasteiger partial charge in [0, 0.05) is 48.9 Å². The summed E-state index contributed by atoms with van der Waals surface area (Å²) in [5, 5.41) is 12.0. The predicted molar refractivity (Wildman–Crippen MR) is 123 cm³/mol. The number of benzene rings is 1. The van der Waals surface area contributed by atoms with Crippen LogP contribution in [-0.4, -0.2) is 45.3 Å². The second kappa shape index (κ2) is 7.85. The number of nitrogens with one attached hydrogen (secondary N) is 1. The third kappa shape index (κ3) is 3.66. The van der Waals surface area contributed by atoms with Gasteiger partial charge < -0.3 is 10.1 Å². The molecule has 1 spiro atoms. The van der Waals surface area contributed by atoms with Crippen LogP contribution in [0.5, 0.6) is 0 Å². The molecule has 1 aromatic carbocycles. The number of hydrogen-bond acceptors (Lipinski definition) is 7. The molecule has 0 saturated carbocycles. The number of ether oxygens (including phenoxy) is 1. The first kappa shape index (κ1) is 22.4. The molecule has 8 nitrogen and oxygen atoms in total. The molecule has 5 rings (SSSR count). The highest BCUT2D eigenvalue weighted by Gasteiger charge is 2.53. The topological polar surface area (TPSA) is 100 Å². The van der Waals surface area contributed by atoms with E-state index in [1.807, 2.05) is 0 Å². The minimum Gasteiger partial charge on any atom is -0.380 e. The normalized spacial score (nSPS) is 24.2. The Morgan fingerprint density at radius 2 is 1.82 bits per heavy atom. The molecule has 1 aromatic rings. The zero-order chi connectivity index (χ0) is 23.4. The van der Waals surface area contributed by atoms with Crippen molar-refractivity contribution in [2.45, 2.75) is 51.0 Å². The summed E-state index contributed by atoms with van der Waals surface area (Å²) in [6.45, 7) is 5.82. The van der Waals surface area contributed by atoms with Crippen molar-refractivity contribution >= 4 is 15.8 Å². The number of sulfonamides is 1. The molecule has 1 saturated heterocycles. The molecule has 0 atom stereocenters. The van der Waals surface area contributed by atoms with Gasteiger partial charge in [-0.25, -0.2) is 8.42 Å². The molecule has 0 radical (unpaired) electrons. The summed E-state index contributed by atoms with van der Waals surface area (Å²) in [6, 6.07) is 6.85. The smallest absolute Gasteiger partial charge is 0.243 e. The van der Waals surface area contributed by atoms with Crippen molar-refractivity contribution in [2.24, 2.45) is 21.1 Å². The first-order valence-electron chi connectivity index (χ1n) is 11.4. The van der Waals surface area contributed by atoms with Crippen LogP contribution in [0.4, 0.5) is 0 Å². The van der Waals surface area contributed by atoms with Crippen LogP contribution in [-0.2, 0) is 26.2 Å². The Hall–Kier alpha value is -2.36. The third-order valence-corrected chi connectivity index (χ3v) is 9.25.